The fraction of sp³-hybridized carbons (Fsp3) is 0.667. The van der Waals surface area contributed by atoms with Crippen molar-refractivity contribution in [3.63, 3.8) is 0 Å². The summed E-state index contributed by atoms with van der Waals surface area (Å²) < 4.78 is 0. The number of hydrazine groups is 1. The minimum absolute atomic E-state index is 0.216. The molecule has 1 aliphatic rings. The van der Waals surface area contributed by atoms with Gasteiger partial charge >= 0.3 is 0 Å². The molecule has 0 spiro atoms. The maximum absolute atomic E-state index is 5.76. The van der Waals surface area contributed by atoms with Crippen molar-refractivity contribution in [3.8, 4) is 0 Å². The van der Waals surface area contributed by atoms with Gasteiger partial charge in [-0.1, -0.05) is 70.7 Å². The molecule has 1 unspecified atom stereocenters. The number of hydrogen-bond donors (Lipinski definition) is 2. The van der Waals surface area contributed by atoms with E-state index in [0.717, 1.165) is 12.3 Å². The summed E-state index contributed by atoms with van der Waals surface area (Å²) in [7, 11) is 0. The second-order valence-corrected chi connectivity index (χ2v) is 7.32. The lowest BCUT2D eigenvalue weighted by molar-refractivity contribution is 0.416. The maximum Gasteiger partial charge on any atom is 0.0460 e. The molecule has 112 valence electrons. The fourth-order valence-corrected chi connectivity index (χ4v) is 3.26. The normalized spacial score (nSPS) is 18.4. The molecular formula is C18H30N2. The van der Waals surface area contributed by atoms with Crippen LogP contribution >= 0.6 is 0 Å². The zero-order chi connectivity index (χ0) is 14.6. The molecule has 0 radical (unpaired) electrons. The molecule has 1 aromatic rings. The minimum atomic E-state index is 0.216. The van der Waals surface area contributed by atoms with Crippen LogP contribution in [0.25, 0.3) is 0 Å². The van der Waals surface area contributed by atoms with E-state index in [0.29, 0.717) is 6.04 Å². The number of hydrogen-bond acceptors (Lipinski definition) is 2. The summed E-state index contributed by atoms with van der Waals surface area (Å²) in [6.45, 7) is 6.75. The highest BCUT2D eigenvalue weighted by Crippen LogP contribution is 2.31. The van der Waals surface area contributed by atoms with E-state index >= 15 is 0 Å². The molecule has 0 bridgehead atoms. The molecular weight excluding hydrogens is 244 g/mol. The Morgan fingerprint density at radius 1 is 1.15 bits per heavy atom. The summed E-state index contributed by atoms with van der Waals surface area (Å²) in [6.07, 6.45) is 8.13. The summed E-state index contributed by atoms with van der Waals surface area (Å²) in [5.41, 5.74) is 5.92. The molecule has 3 N–H and O–H groups in total. The van der Waals surface area contributed by atoms with Crippen molar-refractivity contribution in [3.05, 3.63) is 35.4 Å². The molecule has 0 heterocycles. The molecule has 1 saturated carbocycles. The highest BCUT2D eigenvalue weighted by molar-refractivity contribution is 5.29. The van der Waals surface area contributed by atoms with Gasteiger partial charge in [-0.15, -0.1) is 0 Å². The number of benzene rings is 1. The van der Waals surface area contributed by atoms with Crippen molar-refractivity contribution in [1.29, 1.82) is 0 Å². The van der Waals surface area contributed by atoms with E-state index in [1.54, 1.807) is 0 Å². The maximum atomic E-state index is 5.76. The van der Waals surface area contributed by atoms with Crippen LogP contribution in [0.15, 0.2) is 24.3 Å². The number of nitrogens with two attached hydrogens (primary N) is 1. The Bertz CT molecular complexity index is 396. The third-order valence-corrected chi connectivity index (χ3v) is 4.72. The first-order valence-electron chi connectivity index (χ1n) is 8.07. The fourth-order valence-electron chi connectivity index (χ4n) is 3.26. The van der Waals surface area contributed by atoms with Gasteiger partial charge in [0.25, 0.3) is 0 Å². The minimum Gasteiger partial charge on any atom is -0.271 e. The van der Waals surface area contributed by atoms with Crippen molar-refractivity contribution in [2.24, 2.45) is 11.8 Å². The summed E-state index contributed by atoms with van der Waals surface area (Å²) in [5.74, 6) is 6.69. The quantitative estimate of drug-likeness (QED) is 0.614. The standard InChI is InChI=1S/C18H30N2/c1-18(2,3)16-11-9-15(10-12-16)17(20-19)13-8-14-6-4-5-7-14/h9-12,14,17,20H,4-8,13,19H2,1-3H3. The van der Waals surface area contributed by atoms with Gasteiger partial charge in [0.2, 0.25) is 0 Å². The van der Waals surface area contributed by atoms with Crippen molar-refractivity contribution >= 4 is 0 Å². The highest BCUT2D eigenvalue weighted by Gasteiger charge is 2.18. The Morgan fingerprint density at radius 3 is 2.25 bits per heavy atom. The van der Waals surface area contributed by atoms with Crippen LogP contribution in [0, 0.1) is 5.92 Å². The predicted octanol–water partition coefficient (Wildman–Crippen LogP) is 4.46. The highest BCUT2D eigenvalue weighted by atomic mass is 15.2. The topological polar surface area (TPSA) is 38.0 Å². The van der Waals surface area contributed by atoms with Crippen LogP contribution in [0.4, 0.5) is 0 Å². The summed E-state index contributed by atoms with van der Waals surface area (Å²) in [5, 5.41) is 0. The monoisotopic (exact) mass is 274 g/mol. The molecule has 2 heteroatoms. The molecule has 0 aromatic heterocycles. The molecule has 2 nitrogen and oxygen atoms in total. The third kappa shape index (κ3) is 4.07. The molecule has 0 saturated heterocycles. The summed E-state index contributed by atoms with van der Waals surface area (Å²) in [4.78, 5) is 0. The van der Waals surface area contributed by atoms with E-state index in [-0.39, 0.29) is 5.41 Å². The Hall–Kier alpha value is -0.860. The average Bonchev–Trinajstić information content (AvgIpc) is 2.92. The van der Waals surface area contributed by atoms with Gasteiger partial charge in [0.1, 0.15) is 0 Å². The molecule has 2 rings (SSSR count). The number of nitrogens with one attached hydrogen (secondary N) is 1. The van der Waals surface area contributed by atoms with Gasteiger partial charge in [0.15, 0.2) is 0 Å². The first-order chi connectivity index (χ1) is 9.50. The summed E-state index contributed by atoms with van der Waals surface area (Å²) >= 11 is 0. The smallest absolute Gasteiger partial charge is 0.0460 e. The molecule has 1 fully saturated rings. The molecule has 1 atom stereocenters. The number of rotatable bonds is 5. The van der Waals surface area contributed by atoms with Crippen LogP contribution in [0.5, 0.6) is 0 Å². The van der Waals surface area contributed by atoms with E-state index in [9.17, 15) is 0 Å². The van der Waals surface area contributed by atoms with Gasteiger partial charge in [-0.3, -0.25) is 11.3 Å². The zero-order valence-corrected chi connectivity index (χ0v) is 13.3. The van der Waals surface area contributed by atoms with Gasteiger partial charge in [-0.25, -0.2) is 0 Å². The molecule has 0 aliphatic heterocycles. The van der Waals surface area contributed by atoms with Crippen LogP contribution in [-0.4, -0.2) is 0 Å². The SMILES string of the molecule is CC(C)(C)c1ccc(C(CCC2CCCC2)NN)cc1. The van der Waals surface area contributed by atoms with E-state index in [4.69, 9.17) is 5.84 Å². The van der Waals surface area contributed by atoms with Crippen molar-refractivity contribution in [2.45, 2.75) is 70.8 Å². The van der Waals surface area contributed by atoms with Gasteiger partial charge < -0.3 is 0 Å². The second-order valence-electron chi connectivity index (χ2n) is 7.32. The van der Waals surface area contributed by atoms with Gasteiger partial charge in [-0.2, -0.15) is 0 Å². The van der Waals surface area contributed by atoms with E-state index < -0.39 is 0 Å². The van der Waals surface area contributed by atoms with Crippen molar-refractivity contribution in [2.75, 3.05) is 0 Å². The van der Waals surface area contributed by atoms with Gasteiger partial charge in [-0.05, 0) is 35.3 Å². The summed E-state index contributed by atoms with van der Waals surface area (Å²) in [6, 6.07) is 9.26. The van der Waals surface area contributed by atoms with Gasteiger partial charge in [0.05, 0.1) is 0 Å². The zero-order valence-electron chi connectivity index (χ0n) is 13.3. The van der Waals surface area contributed by atoms with Gasteiger partial charge in [0, 0.05) is 6.04 Å². The molecule has 1 aliphatic carbocycles. The second kappa shape index (κ2) is 6.73. The van der Waals surface area contributed by atoms with Crippen molar-refractivity contribution in [1.82, 2.24) is 5.43 Å². The lowest BCUT2D eigenvalue weighted by Gasteiger charge is -2.22. The largest absolute Gasteiger partial charge is 0.271 e. The van der Waals surface area contributed by atoms with Crippen LogP contribution in [0.3, 0.4) is 0 Å². The van der Waals surface area contributed by atoms with E-state index in [2.05, 4.69) is 50.5 Å². The Labute approximate surface area is 124 Å². The lowest BCUT2D eigenvalue weighted by atomic mass is 9.86. The lowest BCUT2D eigenvalue weighted by Crippen LogP contribution is -2.28. The average molecular weight is 274 g/mol. The van der Waals surface area contributed by atoms with E-state index in [1.807, 2.05) is 0 Å². The van der Waals surface area contributed by atoms with Crippen LogP contribution in [0.1, 0.15) is 76.5 Å². The first-order valence-corrected chi connectivity index (χ1v) is 8.07. The van der Waals surface area contributed by atoms with Crippen LogP contribution in [-0.2, 0) is 5.41 Å². The molecule has 0 amide bonds. The first kappa shape index (κ1) is 15.5. The van der Waals surface area contributed by atoms with Crippen molar-refractivity contribution < 1.29 is 0 Å². The Morgan fingerprint density at radius 2 is 1.75 bits per heavy atom. The Balaban J connectivity index is 1.96. The predicted molar refractivity (Wildman–Crippen MR) is 86.4 cm³/mol. The van der Waals surface area contributed by atoms with Crippen LogP contribution in [0.2, 0.25) is 0 Å². The third-order valence-electron chi connectivity index (χ3n) is 4.72. The molecule has 1 aromatic carbocycles. The van der Waals surface area contributed by atoms with Crippen LogP contribution < -0.4 is 11.3 Å². The molecule has 20 heavy (non-hydrogen) atoms. The Kier molecular flexibility index (Phi) is 5.22. The van der Waals surface area contributed by atoms with E-state index in [1.165, 1.54) is 43.2 Å².